The summed E-state index contributed by atoms with van der Waals surface area (Å²) >= 11 is 0. The van der Waals surface area contributed by atoms with E-state index in [0.29, 0.717) is 12.3 Å². The Labute approximate surface area is 149 Å². The van der Waals surface area contributed by atoms with E-state index in [1.807, 2.05) is 30.5 Å². The van der Waals surface area contributed by atoms with Crippen molar-refractivity contribution in [2.75, 3.05) is 0 Å². The zero-order valence-corrected chi connectivity index (χ0v) is 15.1. The molecule has 134 valence electrons. The highest BCUT2D eigenvalue weighted by molar-refractivity contribution is 5.84. The van der Waals surface area contributed by atoms with Crippen LogP contribution >= 0.6 is 0 Å². The quantitative estimate of drug-likeness (QED) is 0.402. The number of benzene rings is 1. The third-order valence-corrected chi connectivity index (χ3v) is 4.18. The van der Waals surface area contributed by atoms with E-state index in [-0.39, 0.29) is 0 Å². The van der Waals surface area contributed by atoms with Crippen LogP contribution in [-0.2, 0) is 16.0 Å². The topological polar surface area (TPSA) is 68.1 Å². The molecule has 4 nitrogen and oxygen atoms in total. The molecule has 4 heteroatoms. The Kier molecular flexibility index (Phi) is 7.02. The molecule has 1 atom stereocenters. The first-order valence-corrected chi connectivity index (χ1v) is 8.82. The number of para-hydroxylation sites is 1. The van der Waals surface area contributed by atoms with Crippen molar-refractivity contribution in [2.24, 2.45) is 11.7 Å². The molecule has 0 bridgehead atoms. The zero-order valence-electron chi connectivity index (χ0n) is 15.1. The van der Waals surface area contributed by atoms with Crippen LogP contribution in [0.5, 0.6) is 0 Å². The lowest BCUT2D eigenvalue weighted by Crippen LogP contribution is -2.33. The lowest BCUT2D eigenvalue weighted by molar-refractivity contribution is -0.139. The minimum absolute atomic E-state index is 0.434. The number of nitrogens with one attached hydrogen (secondary N) is 1. The number of carbonyl (C=O) groups is 1. The molecule has 1 heterocycles. The van der Waals surface area contributed by atoms with Gasteiger partial charge in [0.25, 0.3) is 0 Å². The predicted octanol–water partition coefficient (Wildman–Crippen LogP) is 4.48. The number of carbonyl (C=O) groups excluding carboxylic acids is 1. The van der Waals surface area contributed by atoms with Gasteiger partial charge in [0.2, 0.25) is 0 Å². The van der Waals surface area contributed by atoms with E-state index in [0.717, 1.165) is 34.9 Å². The molecule has 0 unspecified atom stereocenters. The maximum atomic E-state index is 12.1. The van der Waals surface area contributed by atoms with Crippen molar-refractivity contribution in [3.05, 3.63) is 60.5 Å². The molecule has 1 aromatic heterocycles. The SMILES string of the molecule is C=C(C=COC(=O)[C@@H](N)Cc1c[nH]c2ccccc12)CCCC(C)C. The van der Waals surface area contributed by atoms with E-state index in [1.54, 1.807) is 6.08 Å². The Morgan fingerprint density at radius 2 is 2.12 bits per heavy atom. The van der Waals surface area contributed by atoms with Crippen molar-refractivity contribution in [1.82, 2.24) is 4.98 Å². The lowest BCUT2D eigenvalue weighted by Gasteiger charge is -2.09. The second-order valence-corrected chi connectivity index (χ2v) is 6.85. The van der Waals surface area contributed by atoms with Crippen LogP contribution in [0.3, 0.4) is 0 Å². The first-order chi connectivity index (χ1) is 12.0. The highest BCUT2D eigenvalue weighted by atomic mass is 16.5. The Balaban J connectivity index is 1.80. The van der Waals surface area contributed by atoms with Crippen molar-refractivity contribution >= 4 is 16.9 Å². The molecule has 3 N–H and O–H groups in total. The summed E-state index contributed by atoms with van der Waals surface area (Å²) in [5.41, 5.74) is 9.00. The fraction of sp³-hybridized carbons (Fsp3) is 0.381. The number of rotatable bonds is 9. The van der Waals surface area contributed by atoms with Crippen LogP contribution in [0.1, 0.15) is 38.7 Å². The van der Waals surface area contributed by atoms with E-state index in [4.69, 9.17) is 10.5 Å². The number of hydrogen-bond donors (Lipinski definition) is 2. The number of hydrogen-bond acceptors (Lipinski definition) is 3. The average molecular weight is 340 g/mol. The largest absolute Gasteiger partial charge is 0.433 e. The van der Waals surface area contributed by atoms with Crippen LogP contribution in [0.15, 0.2) is 55.0 Å². The number of aromatic amines is 1. The molecule has 25 heavy (non-hydrogen) atoms. The molecule has 0 amide bonds. The standard InChI is InChI=1S/C21H28N2O2/c1-15(2)7-6-8-16(3)11-12-25-21(24)19(22)13-17-14-23-20-10-5-4-9-18(17)20/h4-5,9-12,14-15,19,23H,3,6-8,13,22H2,1-2H3/t19-/m0/s1. The zero-order chi connectivity index (χ0) is 18.2. The van der Waals surface area contributed by atoms with Gasteiger partial charge in [0, 0.05) is 23.5 Å². The highest BCUT2D eigenvalue weighted by Gasteiger charge is 2.17. The Morgan fingerprint density at radius 3 is 2.88 bits per heavy atom. The summed E-state index contributed by atoms with van der Waals surface area (Å²) in [6.45, 7) is 8.38. The molecule has 0 aliphatic rings. The van der Waals surface area contributed by atoms with Crippen molar-refractivity contribution in [3.63, 3.8) is 0 Å². The molecule has 0 radical (unpaired) electrons. The summed E-state index contributed by atoms with van der Waals surface area (Å²) in [5.74, 6) is 0.258. The van der Waals surface area contributed by atoms with Gasteiger partial charge < -0.3 is 15.5 Å². The van der Waals surface area contributed by atoms with Crippen LogP contribution in [0, 0.1) is 5.92 Å². The molecule has 0 spiro atoms. The minimum atomic E-state index is -0.696. The summed E-state index contributed by atoms with van der Waals surface area (Å²) in [6, 6.07) is 7.25. The van der Waals surface area contributed by atoms with Gasteiger partial charge >= 0.3 is 5.97 Å². The molecule has 0 saturated carbocycles. The number of nitrogens with two attached hydrogens (primary N) is 1. The predicted molar refractivity (Wildman–Crippen MR) is 103 cm³/mol. The smallest absolute Gasteiger partial charge is 0.328 e. The molecule has 0 aliphatic carbocycles. The van der Waals surface area contributed by atoms with Crippen LogP contribution < -0.4 is 5.73 Å². The summed E-state index contributed by atoms with van der Waals surface area (Å²) in [7, 11) is 0. The summed E-state index contributed by atoms with van der Waals surface area (Å²) < 4.78 is 5.15. The third-order valence-electron chi connectivity index (χ3n) is 4.18. The number of allylic oxidation sites excluding steroid dienone is 2. The van der Waals surface area contributed by atoms with Gasteiger partial charge in [-0.15, -0.1) is 0 Å². The van der Waals surface area contributed by atoms with Gasteiger partial charge in [0.15, 0.2) is 0 Å². The molecule has 0 saturated heterocycles. The van der Waals surface area contributed by atoms with Crippen LogP contribution in [-0.4, -0.2) is 17.0 Å². The normalized spacial score (nSPS) is 12.8. The summed E-state index contributed by atoms with van der Waals surface area (Å²) in [4.78, 5) is 15.2. The molecule has 0 aliphatic heterocycles. The van der Waals surface area contributed by atoms with Gasteiger partial charge in [0.1, 0.15) is 6.04 Å². The van der Waals surface area contributed by atoms with E-state index in [1.165, 1.54) is 12.7 Å². The molecule has 1 aromatic carbocycles. The summed E-state index contributed by atoms with van der Waals surface area (Å²) in [5, 5.41) is 1.08. The van der Waals surface area contributed by atoms with Gasteiger partial charge in [-0.2, -0.15) is 0 Å². The first-order valence-electron chi connectivity index (χ1n) is 8.82. The third kappa shape index (κ3) is 5.91. The Morgan fingerprint density at radius 1 is 1.36 bits per heavy atom. The molecule has 2 aromatic rings. The van der Waals surface area contributed by atoms with Gasteiger partial charge in [-0.3, -0.25) is 0 Å². The second-order valence-electron chi connectivity index (χ2n) is 6.85. The van der Waals surface area contributed by atoms with E-state index >= 15 is 0 Å². The number of H-pyrrole nitrogens is 1. The van der Waals surface area contributed by atoms with Gasteiger partial charge in [-0.25, -0.2) is 4.79 Å². The maximum Gasteiger partial charge on any atom is 0.328 e. The number of fused-ring (bicyclic) bond motifs is 1. The molecular weight excluding hydrogens is 312 g/mol. The van der Waals surface area contributed by atoms with E-state index < -0.39 is 12.0 Å². The van der Waals surface area contributed by atoms with Gasteiger partial charge in [-0.1, -0.05) is 50.6 Å². The first kappa shape index (κ1) is 19.0. The molecular formula is C21H28N2O2. The van der Waals surface area contributed by atoms with Crippen molar-refractivity contribution in [3.8, 4) is 0 Å². The van der Waals surface area contributed by atoms with E-state index in [9.17, 15) is 4.79 Å². The fourth-order valence-corrected chi connectivity index (χ4v) is 2.73. The van der Waals surface area contributed by atoms with Gasteiger partial charge in [0.05, 0.1) is 6.26 Å². The number of esters is 1. The Bertz CT molecular complexity index is 743. The maximum absolute atomic E-state index is 12.1. The van der Waals surface area contributed by atoms with Gasteiger partial charge in [-0.05, 0) is 36.5 Å². The van der Waals surface area contributed by atoms with Crippen LogP contribution in [0.4, 0.5) is 0 Å². The second kappa shape index (κ2) is 9.23. The molecule has 2 rings (SSSR count). The fourth-order valence-electron chi connectivity index (χ4n) is 2.73. The summed E-state index contributed by atoms with van der Waals surface area (Å²) in [6.07, 6.45) is 8.65. The van der Waals surface area contributed by atoms with Crippen molar-refractivity contribution < 1.29 is 9.53 Å². The number of aromatic nitrogens is 1. The lowest BCUT2D eigenvalue weighted by atomic mass is 10.0. The Hall–Kier alpha value is -2.33. The van der Waals surface area contributed by atoms with Crippen LogP contribution in [0.25, 0.3) is 10.9 Å². The minimum Gasteiger partial charge on any atom is -0.433 e. The van der Waals surface area contributed by atoms with E-state index in [2.05, 4.69) is 25.4 Å². The average Bonchev–Trinajstić information content (AvgIpc) is 2.97. The molecule has 0 fully saturated rings. The monoisotopic (exact) mass is 340 g/mol. The van der Waals surface area contributed by atoms with Crippen LogP contribution in [0.2, 0.25) is 0 Å². The van der Waals surface area contributed by atoms with Crippen molar-refractivity contribution in [1.29, 1.82) is 0 Å². The van der Waals surface area contributed by atoms with Crippen molar-refractivity contribution in [2.45, 2.75) is 45.6 Å². The number of ether oxygens (including phenoxy) is 1. The highest BCUT2D eigenvalue weighted by Crippen LogP contribution is 2.19.